The van der Waals surface area contributed by atoms with Crippen LogP contribution in [0.3, 0.4) is 0 Å². The average Bonchev–Trinajstić information content (AvgIpc) is 2.66. The van der Waals surface area contributed by atoms with E-state index in [1.807, 2.05) is 12.1 Å². The molecule has 1 aromatic heterocycles. The normalized spacial score (nSPS) is 17.3. The second kappa shape index (κ2) is 8.60. The van der Waals surface area contributed by atoms with Crippen LogP contribution in [0.2, 0.25) is 0 Å². The van der Waals surface area contributed by atoms with E-state index in [-0.39, 0.29) is 5.91 Å². The zero-order chi connectivity index (χ0) is 18.5. The van der Waals surface area contributed by atoms with Crippen molar-refractivity contribution in [2.45, 2.75) is 39.3 Å². The molecule has 0 aliphatic carbocycles. The molecular weight excluding hydrogens is 324 g/mol. The Morgan fingerprint density at radius 1 is 1.23 bits per heavy atom. The Morgan fingerprint density at radius 3 is 2.77 bits per heavy atom. The van der Waals surface area contributed by atoms with Crippen molar-refractivity contribution in [3.63, 3.8) is 0 Å². The average molecular weight is 354 g/mol. The highest BCUT2D eigenvalue weighted by atomic mass is 16.1. The van der Waals surface area contributed by atoms with Gasteiger partial charge in [-0.2, -0.15) is 0 Å². The van der Waals surface area contributed by atoms with Crippen LogP contribution < -0.4 is 5.32 Å². The molecule has 0 spiro atoms. The molecular formula is C21H30N4O. The molecule has 1 fully saturated rings. The van der Waals surface area contributed by atoms with Gasteiger partial charge < -0.3 is 10.2 Å². The Kier molecular flexibility index (Phi) is 6.22. The fourth-order valence-corrected chi connectivity index (χ4v) is 3.62. The van der Waals surface area contributed by atoms with Gasteiger partial charge in [0.15, 0.2) is 0 Å². The number of carbonyl (C=O) groups excluding carboxylic acids is 1. The van der Waals surface area contributed by atoms with Gasteiger partial charge in [0.1, 0.15) is 0 Å². The summed E-state index contributed by atoms with van der Waals surface area (Å²) in [5.74, 6) is 0.131. The van der Waals surface area contributed by atoms with E-state index in [1.165, 1.54) is 5.56 Å². The van der Waals surface area contributed by atoms with Crippen LogP contribution in [0.4, 0.5) is 0 Å². The van der Waals surface area contributed by atoms with Crippen LogP contribution >= 0.6 is 0 Å². The lowest BCUT2D eigenvalue weighted by atomic mass is 10.0. The number of carbonyl (C=O) groups is 1. The van der Waals surface area contributed by atoms with Crippen LogP contribution in [-0.4, -0.2) is 60.0 Å². The number of aromatic nitrogens is 1. The van der Waals surface area contributed by atoms with Crippen molar-refractivity contribution < 1.29 is 4.79 Å². The predicted molar refractivity (Wildman–Crippen MR) is 106 cm³/mol. The lowest BCUT2D eigenvalue weighted by molar-refractivity contribution is -0.121. The lowest BCUT2D eigenvalue weighted by Gasteiger charge is -2.36. The fourth-order valence-electron chi connectivity index (χ4n) is 3.62. The first-order valence-corrected chi connectivity index (χ1v) is 9.57. The van der Waals surface area contributed by atoms with Crippen molar-refractivity contribution in [1.82, 2.24) is 20.1 Å². The van der Waals surface area contributed by atoms with E-state index in [1.54, 1.807) is 6.20 Å². The maximum absolute atomic E-state index is 12.3. The molecule has 1 aliphatic rings. The number of nitrogens with one attached hydrogen (secondary N) is 1. The number of amides is 1. The molecule has 5 heteroatoms. The Morgan fingerprint density at radius 2 is 2.00 bits per heavy atom. The van der Waals surface area contributed by atoms with Crippen LogP contribution in [-0.2, 0) is 11.3 Å². The molecule has 2 heterocycles. The summed E-state index contributed by atoms with van der Waals surface area (Å²) in [6, 6.07) is 8.59. The van der Waals surface area contributed by atoms with Gasteiger partial charge in [-0.1, -0.05) is 12.1 Å². The molecule has 2 aromatic rings. The summed E-state index contributed by atoms with van der Waals surface area (Å²) in [6.45, 7) is 9.32. The second-order valence-corrected chi connectivity index (χ2v) is 7.43. The third-order valence-corrected chi connectivity index (χ3v) is 5.54. The summed E-state index contributed by atoms with van der Waals surface area (Å²) >= 11 is 0. The fraction of sp³-hybridized carbons (Fsp3) is 0.524. The highest BCUT2D eigenvalue weighted by Gasteiger charge is 2.19. The minimum absolute atomic E-state index is 0.131. The van der Waals surface area contributed by atoms with Gasteiger partial charge in [-0.15, -0.1) is 0 Å². The molecule has 5 nitrogen and oxygen atoms in total. The molecule has 3 rings (SSSR count). The van der Waals surface area contributed by atoms with E-state index in [2.05, 4.69) is 53.1 Å². The van der Waals surface area contributed by atoms with E-state index in [0.717, 1.165) is 49.1 Å². The molecule has 0 unspecified atom stereocenters. The van der Waals surface area contributed by atoms with Gasteiger partial charge >= 0.3 is 0 Å². The topological polar surface area (TPSA) is 48.5 Å². The number of nitrogens with zero attached hydrogens (tertiary/aromatic N) is 3. The predicted octanol–water partition coefficient (Wildman–Crippen LogP) is 2.58. The van der Waals surface area contributed by atoms with Gasteiger partial charge in [0.2, 0.25) is 5.91 Å². The maximum atomic E-state index is 12.3. The summed E-state index contributed by atoms with van der Waals surface area (Å²) in [7, 11) is 2.17. The second-order valence-electron chi connectivity index (χ2n) is 7.43. The standard InChI is InChI=1S/C21H30N4O/c1-16-6-8-20-18(5-4-10-22-20)19(16)15-23-21(26)9-7-17(2)25-13-11-24(3)12-14-25/h4-6,8,10,17H,7,9,11-15H2,1-3H3,(H,23,26)/t17-/m0/s1. The van der Waals surface area contributed by atoms with Gasteiger partial charge in [0, 0.05) is 56.8 Å². The van der Waals surface area contributed by atoms with E-state index in [4.69, 9.17) is 0 Å². The van der Waals surface area contributed by atoms with Gasteiger partial charge in [-0.05, 0) is 50.6 Å². The van der Waals surface area contributed by atoms with Gasteiger partial charge in [-0.3, -0.25) is 14.7 Å². The minimum atomic E-state index is 0.131. The molecule has 1 aliphatic heterocycles. The molecule has 1 atom stereocenters. The number of pyridine rings is 1. The minimum Gasteiger partial charge on any atom is -0.352 e. The van der Waals surface area contributed by atoms with Crippen molar-refractivity contribution >= 4 is 16.8 Å². The Bertz CT molecular complexity index is 753. The number of likely N-dealkylation sites (N-methyl/N-ethyl adjacent to an activating group) is 1. The third-order valence-electron chi connectivity index (χ3n) is 5.54. The summed E-state index contributed by atoms with van der Waals surface area (Å²) in [5.41, 5.74) is 3.33. The lowest BCUT2D eigenvalue weighted by Crippen LogP contribution is -2.48. The number of hydrogen-bond acceptors (Lipinski definition) is 4. The maximum Gasteiger partial charge on any atom is 0.220 e. The van der Waals surface area contributed by atoms with Crippen LogP contribution in [0.5, 0.6) is 0 Å². The van der Waals surface area contributed by atoms with Crippen molar-refractivity contribution in [2.75, 3.05) is 33.2 Å². The summed E-state index contributed by atoms with van der Waals surface area (Å²) in [6.07, 6.45) is 3.29. The van der Waals surface area contributed by atoms with E-state index in [0.29, 0.717) is 19.0 Å². The van der Waals surface area contributed by atoms with Crippen molar-refractivity contribution in [3.05, 3.63) is 41.6 Å². The SMILES string of the molecule is Cc1ccc2ncccc2c1CNC(=O)CC[C@H](C)N1CCN(C)CC1. The molecule has 1 aromatic carbocycles. The zero-order valence-electron chi connectivity index (χ0n) is 16.2. The smallest absolute Gasteiger partial charge is 0.220 e. The Labute approximate surface area is 156 Å². The molecule has 0 saturated carbocycles. The summed E-state index contributed by atoms with van der Waals surface area (Å²) in [5, 5.41) is 4.23. The van der Waals surface area contributed by atoms with E-state index >= 15 is 0 Å². The molecule has 26 heavy (non-hydrogen) atoms. The van der Waals surface area contributed by atoms with Crippen molar-refractivity contribution in [1.29, 1.82) is 0 Å². The van der Waals surface area contributed by atoms with Crippen LogP contribution in [0.25, 0.3) is 10.9 Å². The molecule has 1 N–H and O–H groups in total. The largest absolute Gasteiger partial charge is 0.352 e. The van der Waals surface area contributed by atoms with Crippen LogP contribution in [0.15, 0.2) is 30.5 Å². The van der Waals surface area contributed by atoms with Gasteiger partial charge in [0.05, 0.1) is 5.52 Å². The quantitative estimate of drug-likeness (QED) is 0.866. The van der Waals surface area contributed by atoms with Crippen LogP contribution in [0, 0.1) is 6.92 Å². The van der Waals surface area contributed by atoms with E-state index in [9.17, 15) is 4.79 Å². The highest BCUT2D eigenvalue weighted by Crippen LogP contribution is 2.20. The van der Waals surface area contributed by atoms with Crippen LogP contribution in [0.1, 0.15) is 30.9 Å². The van der Waals surface area contributed by atoms with Crippen molar-refractivity contribution in [3.8, 4) is 0 Å². The van der Waals surface area contributed by atoms with Crippen molar-refractivity contribution in [2.24, 2.45) is 0 Å². The first kappa shape index (κ1) is 18.8. The summed E-state index contributed by atoms with van der Waals surface area (Å²) < 4.78 is 0. The molecule has 0 radical (unpaired) electrons. The number of fused-ring (bicyclic) bond motifs is 1. The number of benzene rings is 1. The molecule has 0 bridgehead atoms. The molecule has 1 amide bonds. The number of hydrogen-bond donors (Lipinski definition) is 1. The number of aryl methyl sites for hydroxylation is 1. The first-order chi connectivity index (χ1) is 12.5. The monoisotopic (exact) mass is 354 g/mol. The highest BCUT2D eigenvalue weighted by molar-refractivity contribution is 5.84. The number of piperazine rings is 1. The first-order valence-electron chi connectivity index (χ1n) is 9.57. The van der Waals surface area contributed by atoms with Gasteiger partial charge in [-0.25, -0.2) is 0 Å². The third kappa shape index (κ3) is 4.59. The summed E-state index contributed by atoms with van der Waals surface area (Å²) in [4.78, 5) is 21.6. The molecule has 140 valence electrons. The Balaban J connectivity index is 1.51. The Hall–Kier alpha value is -1.98. The molecule has 1 saturated heterocycles. The number of rotatable bonds is 6. The van der Waals surface area contributed by atoms with Gasteiger partial charge in [0.25, 0.3) is 0 Å². The van der Waals surface area contributed by atoms with E-state index < -0.39 is 0 Å². The zero-order valence-corrected chi connectivity index (χ0v) is 16.2.